The van der Waals surface area contributed by atoms with Gasteiger partial charge >= 0.3 is 0 Å². The van der Waals surface area contributed by atoms with Crippen LogP contribution in [0.15, 0.2) is 174 Å². The van der Waals surface area contributed by atoms with Gasteiger partial charge in [0, 0.05) is 16.2 Å². The van der Waals surface area contributed by atoms with E-state index in [1.54, 1.807) is 0 Å². The molecule has 9 aromatic carbocycles. The number of benzene rings is 9. The number of rotatable bonds is 3. The van der Waals surface area contributed by atoms with Crippen molar-refractivity contribution in [1.82, 2.24) is 0 Å². The molecule has 244 valence electrons. The van der Waals surface area contributed by atoms with Gasteiger partial charge in [-0.2, -0.15) is 0 Å². The van der Waals surface area contributed by atoms with Gasteiger partial charge in [-0.15, -0.1) is 0 Å². The van der Waals surface area contributed by atoms with Gasteiger partial charge in [-0.25, -0.2) is 0 Å². The van der Waals surface area contributed by atoms with E-state index in [9.17, 15) is 0 Å². The Kier molecular flexibility index (Phi) is 6.08. The molecule has 1 aliphatic rings. The molecule has 0 saturated heterocycles. The van der Waals surface area contributed by atoms with E-state index in [1.807, 2.05) is 0 Å². The minimum absolute atomic E-state index is 0.0697. The highest BCUT2D eigenvalue weighted by Crippen LogP contribution is 2.54. The summed E-state index contributed by atoms with van der Waals surface area (Å²) in [5, 5.41) is 9.95. The molecule has 0 N–H and O–H groups in total. The van der Waals surface area contributed by atoms with E-state index < -0.39 is 0 Å². The molecule has 1 heteroatoms. The third-order valence-corrected chi connectivity index (χ3v) is 11.7. The van der Waals surface area contributed by atoms with Crippen molar-refractivity contribution >= 4 is 54.3 Å². The van der Waals surface area contributed by atoms with Crippen LogP contribution in [0.4, 0.5) is 0 Å². The minimum Gasteiger partial charge on any atom is -0.456 e. The molecule has 11 rings (SSSR count). The van der Waals surface area contributed by atoms with Gasteiger partial charge in [0.2, 0.25) is 0 Å². The summed E-state index contributed by atoms with van der Waals surface area (Å²) in [6, 6.07) is 62.1. The minimum atomic E-state index is -0.0697. The Bertz CT molecular complexity index is 3010. The van der Waals surface area contributed by atoms with Gasteiger partial charge in [0.05, 0.1) is 0 Å². The van der Waals surface area contributed by atoms with Crippen molar-refractivity contribution < 1.29 is 4.42 Å². The first-order chi connectivity index (χ1) is 25.6. The first-order valence-corrected chi connectivity index (χ1v) is 18.2. The van der Waals surface area contributed by atoms with Gasteiger partial charge in [0.1, 0.15) is 11.2 Å². The molecule has 1 aliphatic carbocycles. The van der Waals surface area contributed by atoms with Crippen LogP contribution in [0, 0.1) is 0 Å². The van der Waals surface area contributed by atoms with E-state index in [-0.39, 0.29) is 5.41 Å². The third kappa shape index (κ3) is 3.99. The van der Waals surface area contributed by atoms with Crippen LogP contribution in [0.3, 0.4) is 0 Å². The molecule has 0 bridgehead atoms. The SMILES string of the molecule is CC1(C)c2ccccc2-c2c1ccc1oc3cc(-c4ccc(-c5c6ccccc6c(-c6ccccc6)c6ccccc56)cc4)c4ccccc4c3c21. The Morgan fingerprint density at radius 2 is 0.865 bits per heavy atom. The van der Waals surface area contributed by atoms with E-state index in [4.69, 9.17) is 4.42 Å². The van der Waals surface area contributed by atoms with E-state index in [1.165, 1.54) is 98.7 Å². The molecule has 0 saturated carbocycles. The van der Waals surface area contributed by atoms with Crippen LogP contribution in [0.1, 0.15) is 25.0 Å². The Morgan fingerprint density at radius 3 is 1.52 bits per heavy atom. The summed E-state index contributed by atoms with van der Waals surface area (Å²) in [5.41, 5.74) is 14.5. The lowest BCUT2D eigenvalue weighted by molar-refractivity contribution is 0.656. The van der Waals surface area contributed by atoms with E-state index in [2.05, 4.69) is 184 Å². The lowest BCUT2D eigenvalue weighted by Crippen LogP contribution is -2.14. The largest absolute Gasteiger partial charge is 0.456 e. The number of furan rings is 1. The highest BCUT2D eigenvalue weighted by Gasteiger charge is 2.37. The lowest BCUT2D eigenvalue weighted by atomic mass is 9.82. The Hall–Kier alpha value is -6.44. The standard InChI is InChI=1S/C51H34O/c1-51(2)42-23-13-12-22-40(42)48-43(51)28-29-44-50(48)49-35-17-7-6-16-34(35)41(30-45(49)52-44)31-24-26-33(27-25-31)47-38-20-10-8-18-36(38)46(32-14-4-3-5-15-32)37-19-9-11-21-39(37)47/h3-30H,1-2H3. The van der Waals surface area contributed by atoms with Crippen molar-refractivity contribution in [3.63, 3.8) is 0 Å². The quantitative estimate of drug-likeness (QED) is 0.172. The van der Waals surface area contributed by atoms with Crippen molar-refractivity contribution in [2.24, 2.45) is 0 Å². The molecule has 1 nitrogen and oxygen atoms in total. The van der Waals surface area contributed by atoms with Crippen molar-refractivity contribution in [2.75, 3.05) is 0 Å². The molecule has 52 heavy (non-hydrogen) atoms. The summed E-state index contributed by atoms with van der Waals surface area (Å²) < 4.78 is 6.77. The highest BCUT2D eigenvalue weighted by atomic mass is 16.3. The van der Waals surface area contributed by atoms with Gasteiger partial charge < -0.3 is 4.42 Å². The Balaban J connectivity index is 1.12. The van der Waals surface area contributed by atoms with Crippen LogP contribution < -0.4 is 0 Å². The summed E-state index contributed by atoms with van der Waals surface area (Å²) >= 11 is 0. The number of hydrogen-bond donors (Lipinski definition) is 0. The zero-order valence-corrected chi connectivity index (χ0v) is 29.1. The van der Waals surface area contributed by atoms with Gasteiger partial charge in [0.25, 0.3) is 0 Å². The van der Waals surface area contributed by atoms with Crippen molar-refractivity contribution in [3.8, 4) is 44.5 Å². The predicted octanol–water partition coefficient (Wildman–Crippen LogP) is 14.4. The van der Waals surface area contributed by atoms with Crippen LogP contribution in [0.2, 0.25) is 0 Å². The first-order valence-electron chi connectivity index (χ1n) is 18.2. The van der Waals surface area contributed by atoms with E-state index in [0.717, 1.165) is 11.2 Å². The average Bonchev–Trinajstić information content (AvgIpc) is 3.69. The molecule has 0 amide bonds. The molecule has 0 radical (unpaired) electrons. The average molecular weight is 663 g/mol. The highest BCUT2D eigenvalue weighted by molar-refractivity contribution is 6.26. The molecule has 1 heterocycles. The summed E-state index contributed by atoms with van der Waals surface area (Å²) in [6.45, 7) is 4.68. The van der Waals surface area contributed by atoms with Gasteiger partial charge in [0.15, 0.2) is 0 Å². The second-order valence-corrected chi connectivity index (χ2v) is 14.8. The molecule has 0 unspecified atom stereocenters. The first kappa shape index (κ1) is 29.3. The van der Waals surface area contributed by atoms with Crippen molar-refractivity contribution in [1.29, 1.82) is 0 Å². The van der Waals surface area contributed by atoms with E-state index in [0.29, 0.717) is 0 Å². The van der Waals surface area contributed by atoms with Crippen LogP contribution in [0.25, 0.3) is 98.8 Å². The maximum Gasteiger partial charge on any atom is 0.136 e. The molecule has 0 fully saturated rings. The molecule has 0 aliphatic heterocycles. The van der Waals surface area contributed by atoms with Crippen molar-refractivity contribution in [2.45, 2.75) is 19.3 Å². The van der Waals surface area contributed by atoms with E-state index >= 15 is 0 Å². The molecule has 0 atom stereocenters. The molecule has 10 aromatic rings. The van der Waals surface area contributed by atoms with Crippen LogP contribution in [-0.2, 0) is 5.41 Å². The molecule has 1 aromatic heterocycles. The van der Waals surface area contributed by atoms with Crippen LogP contribution in [0.5, 0.6) is 0 Å². The predicted molar refractivity (Wildman–Crippen MR) is 220 cm³/mol. The zero-order chi connectivity index (χ0) is 34.6. The number of hydrogen-bond acceptors (Lipinski definition) is 1. The number of fused-ring (bicyclic) bond motifs is 11. The van der Waals surface area contributed by atoms with Crippen molar-refractivity contribution in [3.05, 3.63) is 181 Å². The zero-order valence-electron chi connectivity index (χ0n) is 29.1. The topological polar surface area (TPSA) is 13.1 Å². The fourth-order valence-corrected chi connectivity index (χ4v) is 9.33. The lowest BCUT2D eigenvalue weighted by Gasteiger charge is -2.21. The second-order valence-electron chi connectivity index (χ2n) is 14.8. The van der Waals surface area contributed by atoms with Gasteiger partial charge in [-0.3, -0.25) is 0 Å². The molecule has 0 spiro atoms. The Morgan fingerprint density at radius 1 is 0.346 bits per heavy atom. The monoisotopic (exact) mass is 662 g/mol. The van der Waals surface area contributed by atoms with Gasteiger partial charge in [-0.05, 0) is 100 Å². The maximum atomic E-state index is 6.77. The summed E-state index contributed by atoms with van der Waals surface area (Å²) in [7, 11) is 0. The summed E-state index contributed by atoms with van der Waals surface area (Å²) in [5.74, 6) is 0. The smallest absolute Gasteiger partial charge is 0.136 e. The maximum absolute atomic E-state index is 6.77. The third-order valence-electron chi connectivity index (χ3n) is 11.7. The fourth-order valence-electron chi connectivity index (χ4n) is 9.33. The molecular formula is C51H34O. The normalized spacial score (nSPS) is 13.3. The summed E-state index contributed by atoms with van der Waals surface area (Å²) in [4.78, 5) is 0. The fraction of sp³-hybridized carbons (Fsp3) is 0.0588. The van der Waals surface area contributed by atoms with Crippen LogP contribution in [-0.4, -0.2) is 0 Å². The van der Waals surface area contributed by atoms with Gasteiger partial charge in [-0.1, -0.05) is 172 Å². The Labute approximate surface area is 302 Å². The second kappa shape index (κ2) is 10.8. The van der Waals surface area contributed by atoms with Crippen LogP contribution >= 0.6 is 0 Å². The molecular weight excluding hydrogens is 629 g/mol. The summed E-state index contributed by atoms with van der Waals surface area (Å²) in [6.07, 6.45) is 0.